The molecule has 0 fully saturated rings. The van der Waals surface area contributed by atoms with Crippen LogP contribution in [0.4, 0.5) is 5.69 Å². The highest BCUT2D eigenvalue weighted by Crippen LogP contribution is 2.38. The summed E-state index contributed by atoms with van der Waals surface area (Å²) in [5, 5.41) is 8.67. The van der Waals surface area contributed by atoms with Gasteiger partial charge in [0.05, 0.1) is 21.3 Å². The quantitative estimate of drug-likeness (QED) is 0.276. The topological polar surface area (TPSA) is 80.9 Å². The van der Waals surface area contributed by atoms with Crippen molar-refractivity contribution in [2.24, 2.45) is 0 Å². The van der Waals surface area contributed by atoms with Crippen molar-refractivity contribution in [2.45, 2.75) is 23.8 Å². The molecule has 0 aromatic heterocycles. The van der Waals surface area contributed by atoms with E-state index in [2.05, 4.69) is 16.0 Å². The van der Waals surface area contributed by atoms with Crippen LogP contribution >= 0.6 is 47.0 Å². The highest BCUT2D eigenvalue weighted by atomic mass is 35.6. The molecule has 0 unspecified atom stereocenters. The second-order valence-corrected chi connectivity index (χ2v) is 9.56. The number of amides is 1. The van der Waals surface area contributed by atoms with E-state index in [1.807, 2.05) is 32.0 Å². The van der Waals surface area contributed by atoms with Gasteiger partial charge >= 0.3 is 0 Å². The van der Waals surface area contributed by atoms with Gasteiger partial charge in [-0.2, -0.15) is 0 Å². The zero-order chi connectivity index (χ0) is 24.1. The Kier molecular flexibility index (Phi) is 9.09. The summed E-state index contributed by atoms with van der Waals surface area (Å²) in [4.78, 5) is 12.9. The number of halogens is 3. The third-order valence-corrected chi connectivity index (χ3v) is 5.31. The normalized spacial score (nSPS) is 11.9. The van der Waals surface area contributed by atoms with Crippen LogP contribution in [0.2, 0.25) is 0 Å². The molecule has 3 N–H and O–H groups in total. The van der Waals surface area contributed by atoms with Gasteiger partial charge in [0.1, 0.15) is 6.17 Å². The third-order valence-electron chi connectivity index (χ3n) is 4.44. The van der Waals surface area contributed by atoms with E-state index in [-0.39, 0.29) is 10.7 Å². The Bertz CT molecular complexity index is 974. The minimum Gasteiger partial charge on any atom is -0.493 e. The lowest BCUT2D eigenvalue weighted by molar-refractivity contribution is 0.0933. The minimum absolute atomic E-state index is 0.165. The van der Waals surface area contributed by atoms with Crippen molar-refractivity contribution in [3.8, 4) is 17.2 Å². The van der Waals surface area contributed by atoms with Gasteiger partial charge in [-0.25, -0.2) is 0 Å². The molecule has 0 aliphatic carbocycles. The lowest BCUT2D eigenvalue weighted by Gasteiger charge is -2.28. The number of hydrogen-bond donors (Lipinski definition) is 3. The molecular weight excluding hydrogens is 497 g/mol. The number of carbonyl (C=O) groups excluding carboxylic acids is 1. The predicted molar refractivity (Wildman–Crippen MR) is 133 cm³/mol. The van der Waals surface area contributed by atoms with E-state index >= 15 is 0 Å². The summed E-state index contributed by atoms with van der Waals surface area (Å²) in [6.07, 6.45) is -1.15. The second-order valence-electron chi connectivity index (χ2n) is 6.78. The molecule has 0 heterocycles. The summed E-state index contributed by atoms with van der Waals surface area (Å²) in [6.45, 7) is 3.93. The molecule has 2 rings (SSSR count). The number of rotatable bonds is 7. The molecule has 174 valence electrons. The Morgan fingerprint density at radius 2 is 1.56 bits per heavy atom. The number of benzene rings is 2. The van der Waals surface area contributed by atoms with Crippen molar-refractivity contribution >= 4 is 63.7 Å². The van der Waals surface area contributed by atoms with Crippen LogP contribution in [0.15, 0.2) is 30.3 Å². The van der Waals surface area contributed by atoms with Crippen LogP contribution in [0, 0.1) is 13.8 Å². The van der Waals surface area contributed by atoms with Crippen LogP contribution in [0.3, 0.4) is 0 Å². The molecule has 32 heavy (non-hydrogen) atoms. The third kappa shape index (κ3) is 6.68. The number of carbonyl (C=O) groups is 1. The number of methoxy groups -OCH3 is 3. The maximum atomic E-state index is 12.9. The molecular formula is C21H24Cl3N3O4S. The first-order valence-electron chi connectivity index (χ1n) is 9.32. The van der Waals surface area contributed by atoms with Crippen LogP contribution in [0.25, 0.3) is 0 Å². The average Bonchev–Trinajstić information content (AvgIpc) is 2.73. The fourth-order valence-electron chi connectivity index (χ4n) is 2.87. The Morgan fingerprint density at radius 3 is 2.03 bits per heavy atom. The first-order chi connectivity index (χ1) is 15.0. The van der Waals surface area contributed by atoms with Gasteiger partial charge in [0, 0.05) is 11.3 Å². The molecule has 0 radical (unpaired) electrons. The van der Waals surface area contributed by atoms with Crippen molar-refractivity contribution in [1.29, 1.82) is 0 Å². The van der Waals surface area contributed by atoms with Crippen LogP contribution in [-0.2, 0) is 0 Å². The smallest absolute Gasteiger partial charge is 0.253 e. The van der Waals surface area contributed by atoms with E-state index in [0.29, 0.717) is 17.2 Å². The standard InChI is InChI=1S/C21H24Cl3N3O4S/c1-11-6-7-14(12(2)8-11)25-20(32)27-19(21(22,23)24)26-18(28)13-9-15(29-3)17(31-5)16(10-13)30-4/h6-10,19H,1-5H3,(H,26,28)(H2,25,27,32)/t19-/m1/s1. The minimum atomic E-state index is -1.91. The van der Waals surface area contributed by atoms with Crippen LogP contribution in [0.5, 0.6) is 17.2 Å². The van der Waals surface area contributed by atoms with Crippen molar-refractivity contribution in [3.63, 3.8) is 0 Å². The largest absolute Gasteiger partial charge is 0.493 e. The van der Waals surface area contributed by atoms with E-state index in [1.54, 1.807) is 0 Å². The van der Waals surface area contributed by atoms with Gasteiger partial charge in [0.25, 0.3) is 5.91 Å². The average molecular weight is 521 g/mol. The monoisotopic (exact) mass is 519 g/mol. The highest BCUT2D eigenvalue weighted by Gasteiger charge is 2.35. The molecule has 0 saturated heterocycles. The summed E-state index contributed by atoms with van der Waals surface area (Å²) in [7, 11) is 4.36. The molecule has 0 spiro atoms. The molecule has 0 aliphatic heterocycles. The Hall–Kier alpha value is -2.13. The molecule has 2 aromatic carbocycles. The molecule has 7 nitrogen and oxygen atoms in total. The Labute approximate surface area is 207 Å². The number of anilines is 1. The fraction of sp³-hybridized carbons (Fsp3) is 0.333. The van der Waals surface area contributed by atoms with Crippen molar-refractivity contribution in [3.05, 3.63) is 47.0 Å². The van der Waals surface area contributed by atoms with E-state index in [0.717, 1.165) is 16.8 Å². The summed E-state index contributed by atoms with van der Waals surface area (Å²) >= 11 is 23.6. The Balaban J connectivity index is 2.22. The van der Waals surface area contributed by atoms with Gasteiger partial charge in [-0.05, 0) is 49.8 Å². The van der Waals surface area contributed by atoms with Crippen molar-refractivity contribution in [1.82, 2.24) is 10.6 Å². The van der Waals surface area contributed by atoms with Crippen molar-refractivity contribution < 1.29 is 19.0 Å². The zero-order valence-electron chi connectivity index (χ0n) is 18.1. The second kappa shape index (κ2) is 11.1. The molecule has 1 atom stereocenters. The van der Waals surface area contributed by atoms with E-state index in [4.69, 9.17) is 61.2 Å². The first-order valence-corrected chi connectivity index (χ1v) is 10.9. The maximum Gasteiger partial charge on any atom is 0.253 e. The summed E-state index contributed by atoms with van der Waals surface area (Å²) in [5.74, 6) is 0.411. The van der Waals surface area contributed by atoms with E-state index < -0.39 is 15.9 Å². The van der Waals surface area contributed by atoms with E-state index in [9.17, 15) is 4.79 Å². The zero-order valence-corrected chi connectivity index (χ0v) is 21.2. The summed E-state index contributed by atoms with van der Waals surface area (Å²) in [5.41, 5.74) is 3.09. The van der Waals surface area contributed by atoms with Crippen LogP contribution in [0.1, 0.15) is 21.5 Å². The number of alkyl halides is 3. The Morgan fingerprint density at radius 1 is 0.969 bits per heavy atom. The number of aryl methyl sites for hydroxylation is 2. The molecule has 0 saturated carbocycles. The number of nitrogens with one attached hydrogen (secondary N) is 3. The van der Waals surface area contributed by atoms with Gasteiger partial charge in [-0.3, -0.25) is 4.79 Å². The molecule has 0 bridgehead atoms. The van der Waals surface area contributed by atoms with Gasteiger partial charge in [-0.1, -0.05) is 52.5 Å². The highest BCUT2D eigenvalue weighted by molar-refractivity contribution is 7.80. The van der Waals surface area contributed by atoms with Crippen molar-refractivity contribution in [2.75, 3.05) is 26.6 Å². The van der Waals surface area contributed by atoms with Gasteiger partial charge < -0.3 is 30.2 Å². The maximum absolute atomic E-state index is 12.9. The first kappa shape index (κ1) is 26.1. The fourth-order valence-corrected chi connectivity index (χ4v) is 3.42. The molecule has 11 heteroatoms. The lowest BCUT2D eigenvalue weighted by Crippen LogP contribution is -2.56. The SMILES string of the molecule is COc1cc(C(=O)N[C@H](NC(=S)Nc2ccc(C)cc2C)C(Cl)(Cl)Cl)cc(OC)c1OC. The van der Waals surface area contributed by atoms with Gasteiger partial charge in [-0.15, -0.1) is 0 Å². The lowest BCUT2D eigenvalue weighted by atomic mass is 10.1. The number of thiocarbonyl (C=S) groups is 1. The molecule has 2 aromatic rings. The predicted octanol–water partition coefficient (Wildman–Crippen LogP) is 4.74. The van der Waals surface area contributed by atoms with Crippen LogP contribution in [-0.4, -0.2) is 42.3 Å². The summed E-state index contributed by atoms with van der Waals surface area (Å²) in [6, 6.07) is 8.80. The number of ether oxygens (including phenoxy) is 3. The van der Waals surface area contributed by atoms with E-state index in [1.165, 1.54) is 33.5 Å². The van der Waals surface area contributed by atoms with Gasteiger partial charge in [0.15, 0.2) is 16.6 Å². The number of hydrogen-bond acceptors (Lipinski definition) is 5. The van der Waals surface area contributed by atoms with Gasteiger partial charge in [0.2, 0.25) is 9.54 Å². The molecule has 1 amide bonds. The van der Waals surface area contributed by atoms with Crippen LogP contribution < -0.4 is 30.2 Å². The molecule has 0 aliphatic rings. The summed E-state index contributed by atoms with van der Waals surface area (Å²) < 4.78 is 13.9.